The van der Waals surface area contributed by atoms with Crippen molar-refractivity contribution < 1.29 is 0 Å². The summed E-state index contributed by atoms with van der Waals surface area (Å²) < 4.78 is 0. The fourth-order valence-corrected chi connectivity index (χ4v) is 2.17. The number of hydrogen-bond acceptors (Lipinski definition) is 0. The molecule has 1 nitrogen and oxygen atoms in total. The summed E-state index contributed by atoms with van der Waals surface area (Å²) in [5, 5.41) is 4.56. The topological polar surface area (TPSA) is 14.1 Å². The maximum atomic E-state index is 4.56. The summed E-state index contributed by atoms with van der Waals surface area (Å²) >= 11 is 0. The summed E-state index contributed by atoms with van der Waals surface area (Å²) in [6, 6.07) is 0.791. The van der Waals surface area contributed by atoms with Gasteiger partial charge in [0, 0.05) is 12.6 Å². The van der Waals surface area contributed by atoms with Crippen LogP contribution in [0.25, 0.3) is 0 Å². The highest BCUT2D eigenvalue weighted by atomic mass is 15.0. The standard InChI is InChI=1S/C8H14N/c1-2-4-8-7(3-1)5-6-9-8/h7-8H,1-6H2. The highest BCUT2D eigenvalue weighted by molar-refractivity contribution is 4.85. The fourth-order valence-electron chi connectivity index (χ4n) is 2.17. The molecule has 1 saturated heterocycles. The third-order valence-corrected chi connectivity index (χ3v) is 2.73. The van der Waals surface area contributed by atoms with Crippen LogP contribution in [0.3, 0.4) is 0 Å². The molecule has 2 rings (SSSR count). The van der Waals surface area contributed by atoms with Gasteiger partial charge in [0.05, 0.1) is 0 Å². The molecule has 9 heavy (non-hydrogen) atoms. The smallest absolute Gasteiger partial charge is 0.0274 e. The molecule has 2 atom stereocenters. The molecule has 0 amide bonds. The van der Waals surface area contributed by atoms with Crippen molar-refractivity contribution in [3.8, 4) is 0 Å². The van der Waals surface area contributed by atoms with E-state index in [0.29, 0.717) is 0 Å². The average molecular weight is 124 g/mol. The monoisotopic (exact) mass is 124 g/mol. The van der Waals surface area contributed by atoms with E-state index in [0.717, 1.165) is 18.5 Å². The summed E-state index contributed by atoms with van der Waals surface area (Å²) in [5.74, 6) is 0.999. The van der Waals surface area contributed by atoms with Crippen LogP contribution in [-0.4, -0.2) is 12.6 Å². The molecule has 0 aromatic rings. The lowest BCUT2D eigenvalue weighted by molar-refractivity contribution is 0.323. The first-order chi connectivity index (χ1) is 4.47. The van der Waals surface area contributed by atoms with Crippen molar-refractivity contribution in [2.75, 3.05) is 6.54 Å². The van der Waals surface area contributed by atoms with Gasteiger partial charge in [0.15, 0.2) is 0 Å². The molecule has 1 aliphatic heterocycles. The van der Waals surface area contributed by atoms with Crippen LogP contribution in [0.5, 0.6) is 0 Å². The molecule has 51 valence electrons. The lowest BCUT2D eigenvalue weighted by Gasteiger charge is -2.23. The summed E-state index contributed by atoms with van der Waals surface area (Å²) in [4.78, 5) is 0. The molecule has 1 saturated carbocycles. The van der Waals surface area contributed by atoms with Gasteiger partial charge in [0.1, 0.15) is 0 Å². The molecule has 1 aliphatic carbocycles. The number of nitrogens with zero attached hydrogens (tertiary/aromatic N) is 1. The van der Waals surface area contributed by atoms with Crippen LogP contribution in [0.4, 0.5) is 0 Å². The van der Waals surface area contributed by atoms with Crippen LogP contribution >= 0.6 is 0 Å². The summed E-state index contributed by atoms with van der Waals surface area (Å²) in [6.07, 6.45) is 7.16. The van der Waals surface area contributed by atoms with E-state index < -0.39 is 0 Å². The second-order valence-electron chi connectivity index (χ2n) is 3.31. The van der Waals surface area contributed by atoms with Crippen LogP contribution in [0.15, 0.2) is 0 Å². The Morgan fingerprint density at radius 2 is 1.89 bits per heavy atom. The van der Waals surface area contributed by atoms with Gasteiger partial charge in [-0.1, -0.05) is 12.8 Å². The van der Waals surface area contributed by atoms with E-state index in [1.807, 2.05) is 0 Å². The second-order valence-corrected chi connectivity index (χ2v) is 3.31. The minimum absolute atomic E-state index is 0.791. The zero-order chi connectivity index (χ0) is 6.10. The maximum absolute atomic E-state index is 4.56. The van der Waals surface area contributed by atoms with Crippen molar-refractivity contribution in [1.29, 1.82) is 0 Å². The van der Waals surface area contributed by atoms with E-state index in [2.05, 4.69) is 5.32 Å². The van der Waals surface area contributed by atoms with Gasteiger partial charge in [-0.3, -0.25) is 0 Å². The van der Waals surface area contributed by atoms with Crippen LogP contribution in [-0.2, 0) is 0 Å². The van der Waals surface area contributed by atoms with E-state index in [1.54, 1.807) is 0 Å². The molecule has 2 unspecified atom stereocenters. The van der Waals surface area contributed by atoms with Gasteiger partial charge >= 0.3 is 0 Å². The van der Waals surface area contributed by atoms with Gasteiger partial charge in [0.2, 0.25) is 0 Å². The quantitative estimate of drug-likeness (QED) is 0.465. The van der Waals surface area contributed by atoms with E-state index in [4.69, 9.17) is 0 Å². The first-order valence-electron chi connectivity index (χ1n) is 4.13. The summed E-state index contributed by atoms with van der Waals surface area (Å²) in [5.41, 5.74) is 0. The Hall–Kier alpha value is -0.0400. The first-order valence-corrected chi connectivity index (χ1v) is 4.13. The third kappa shape index (κ3) is 0.983. The zero-order valence-corrected chi connectivity index (χ0v) is 5.84. The van der Waals surface area contributed by atoms with E-state index >= 15 is 0 Å². The summed E-state index contributed by atoms with van der Waals surface area (Å²) in [6.45, 7) is 1.16. The predicted molar refractivity (Wildman–Crippen MR) is 37.4 cm³/mol. The fraction of sp³-hybridized carbons (Fsp3) is 1.00. The van der Waals surface area contributed by atoms with Crippen molar-refractivity contribution in [3.05, 3.63) is 0 Å². The van der Waals surface area contributed by atoms with Gasteiger partial charge in [0.25, 0.3) is 0 Å². The first kappa shape index (κ1) is 5.72. The molecule has 0 N–H and O–H groups in total. The van der Waals surface area contributed by atoms with Crippen LogP contribution in [0.1, 0.15) is 32.1 Å². The third-order valence-electron chi connectivity index (χ3n) is 2.73. The minimum Gasteiger partial charge on any atom is -0.238 e. The molecule has 0 bridgehead atoms. The highest BCUT2D eigenvalue weighted by Crippen LogP contribution is 2.30. The van der Waals surface area contributed by atoms with Crippen molar-refractivity contribution in [1.82, 2.24) is 5.32 Å². The molecule has 0 aromatic heterocycles. The van der Waals surface area contributed by atoms with Crippen molar-refractivity contribution in [2.45, 2.75) is 38.1 Å². The molecular formula is C8H14N. The average Bonchev–Trinajstić information content (AvgIpc) is 2.33. The number of hydrogen-bond donors (Lipinski definition) is 0. The molecule has 1 heteroatoms. The lowest BCUT2D eigenvalue weighted by atomic mass is 9.86. The molecule has 1 heterocycles. The molecule has 1 radical (unpaired) electrons. The van der Waals surface area contributed by atoms with Gasteiger partial charge in [-0.2, -0.15) is 0 Å². The predicted octanol–water partition coefficient (Wildman–Crippen LogP) is 1.55. The molecular weight excluding hydrogens is 110 g/mol. The summed E-state index contributed by atoms with van der Waals surface area (Å²) in [7, 11) is 0. The normalized spacial score (nSPS) is 42.7. The highest BCUT2D eigenvalue weighted by Gasteiger charge is 2.29. The number of fused-ring (bicyclic) bond motifs is 1. The van der Waals surface area contributed by atoms with E-state index in [9.17, 15) is 0 Å². The van der Waals surface area contributed by atoms with Crippen molar-refractivity contribution in [2.24, 2.45) is 5.92 Å². The Morgan fingerprint density at radius 1 is 1.00 bits per heavy atom. The van der Waals surface area contributed by atoms with Crippen LogP contribution in [0, 0.1) is 5.92 Å². The molecule has 2 fully saturated rings. The van der Waals surface area contributed by atoms with E-state index in [1.165, 1.54) is 32.1 Å². The lowest BCUT2D eigenvalue weighted by Crippen LogP contribution is -2.24. The van der Waals surface area contributed by atoms with Gasteiger partial charge < -0.3 is 0 Å². The Balaban J connectivity index is 1.97. The minimum atomic E-state index is 0.791. The molecule has 0 spiro atoms. The SMILES string of the molecule is C1CCC2[N]CCC2C1. The van der Waals surface area contributed by atoms with Gasteiger partial charge in [-0.25, -0.2) is 5.32 Å². The molecule has 2 aliphatic rings. The van der Waals surface area contributed by atoms with Crippen molar-refractivity contribution >= 4 is 0 Å². The largest absolute Gasteiger partial charge is 0.238 e. The molecule has 0 aromatic carbocycles. The Bertz CT molecular complexity index is 88.7. The van der Waals surface area contributed by atoms with Gasteiger partial charge in [-0.15, -0.1) is 0 Å². The van der Waals surface area contributed by atoms with Crippen molar-refractivity contribution in [3.63, 3.8) is 0 Å². The van der Waals surface area contributed by atoms with Gasteiger partial charge in [-0.05, 0) is 25.2 Å². The second kappa shape index (κ2) is 2.30. The van der Waals surface area contributed by atoms with Crippen LogP contribution < -0.4 is 5.32 Å². The van der Waals surface area contributed by atoms with Crippen LogP contribution in [0.2, 0.25) is 0 Å². The Labute approximate surface area is 56.8 Å². The Kier molecular flexibility index (Phi) is 1.46. The zero-order valence-electron chi connectivity index (χ0n) is 5.84. The van der Waals surface area contributed by atoms with E-state index in [-0.39, 0.29) is 0 Å². The maximum Gasteiger partial charge on any atom is 0.0274 e. The Morgan fingerprint density at radius 3 is 2.78 bits per heavy atom. The number of rotatable bonds is 0.